The smallest absolute Gasteiger partial charge is 0.426 e. The predicted octanol–water partition coefficient (Wildman–Crippen LogP) is 1.47. The quantitative estimate of drug-likeness (QED) is 0.414. The molecule has 0 aliphatic rings. The van der Waals surface area contributed by atoms with Crippen molar-refractivity contribution in [1.29, 1.82) is 0 Å². The highest BCUT2D eigenvalue weighted by molar-refractivity contribution is 5.89. The molecule has 0 spiro atoms. The van der Waals surface area contributed by atoms with Gasteiger partial charge >= 0.3 is 12.1 Å². The van der Waals surface area contributed by atoms with E-state index in [9.17, 15) is 9.59 Å². The minimum atomic E-state index is -0.637. The molecule has 0 saturated heterocycles. The summed E-state index contributed by atoms with van der Waals surface area (Å²) in [5.41, 5.74) is 4.58. The van der Waals surface area contributed by atoms with Crippen molar-refractivity contribution >= 4 is 17.9 Å². The Bertz CT molecular complexity index is 496. The molecule has 0 aliphatic heterocycles. The van der Waals surface area contributed by atoms with Crippen molar-refractivity contribution < 1.29 is 24.2 Å². The van der Waals surface area contributed by atoms with Gasteiger partial charge in [-0.2, -0.15) is 0 Å². The third-order valence-corrected chi connectivity index (χ3v) is 2.23. The zero-order valence-corrected chi connectivity index (χ0v) is 12.9. The number of ether oxygens (including phenoxy) is 2. The lowest BCUT2D eigenvalue weighted by Gasteiger charge is -2.19. The second-order valence-corrected chi connectivity index (χ2v) is 5.40. The van der Waals surface area contributed by atoms with Gasteiger partial charge in [0.1, 0.15) is 11.4 Å². The van der Waals surface area contributed by atoms with Crippen molar-refractivity contribution in [2.75, 3.05) is 18.6 Å². The van der Waals surface area contributed by atoms with Gasteiger partial charge in [-0.15, -0.1) is 0 Å². The van der Waals surface area contributed by atoms with E-state index in [2.05, 4.69) is 15.8 Å². The molecule has 0 bridgehead atoms. The molecule has 1 heterocycles. The van der Waals surface area contributed by atoms with E-state index in [1.165, 1.54) is 18.3 Å². The maximum absolute atomic E-state index is 11.6. The number of aromatic nitrogens is 1. The number of pyridine rings is 1. The maximum Gasteiger partial charge on any atom is 0.426 e. The number of hydrogen-bond acceptors (Lipinski definition) is 7. The number of hydrazine groups is 1. The lowest BCUT2D eigenvalue weighted by atomic mass is 10.2. The topological polar surface area (TPSA) is 110 Å². The zero-order valence-electron chi connectivity index (χ0n) is 12.9. The van der Waals surface area contributed by atoms with Crippen LogP contribution >= 0.6 is 0 Å². The Morgan fingerprint density at radius 1 is 1.32 bits per heavy atom. The van der Waals surface area contributed by atoms with Crippen molar-refractivity contribution in [2.24, 2.45) is 0 Å². The highest BCUT2D eigenvalue weighted by Crippen LogP contribution is 2.08. The van der Waals surface area contributed by atoms with Crippen molar-refractivity contribution in [3.8, 4) is 0 Å². The van der Waals surface area contributed by atoms with Crippen LogP contribution in [0.25, 0.3) is 0 Å². The van der Waals surface area contributed by atoms with Crippen LogP contribution in [0.4, 0.5) is 10.6 Å². The Balaban J connectivity index is 2.45. The van der Waals surface area contributed by atoms with E-state index in [-0.39, 0.29) is 18.8 Å². The Labute approximate surface area is 128 Å². The molecule has 1 amide bonds. The predicted molar refractivity (Wildman–Crippen MR) is 79.2 cm³/mol. The van der Waals surface area contributed by atoms with Crippen molar-refractivity contribution in [3.63, 3.8) is 0 Å². The van der Waals surface area contributed by atoms with Gasteiger partial charge in [-0.1, -0.05) is 0 Å². The molecule has 1 aromatic heterocycles. The number of aliphatic hydroxyl groups excluding tert-OH is 1. The standard InChI is InChI=1S/C14H21N3O5/c1-14(2,3)22-13(20)17-16-11-6-5-10(9-15-11)12(19)21-8-4-7-18/h5-6,9,18H,4,7-8H2,1-3H3,(H,15,16)(H,17,20). The first-order chi connectivity index (χ1) is 10.3. The molecule has 0 saturated carbocycles. The average Bonchev–Trinajstić information content (AvgIpc) is 2.44. The minimum Gasteiger partial charge on any atom is -0.462 e. The van der Waals surface area contributed by atoms with Crippen molar-refractivity contribution in [3.05, 3.63) is 23.9 Å². The van der Waals surface area contributed by atoms with Crippen LogP contribution in [0.3, 0.4) is 0 Å². The first-order valence-electron chi connectivity index (χ1n) is 6.81. The SMILES string of the molecule is CC(C)(C)OC(=O)NNc1ccc(C(=O)OCCCO)cn1. The van der Waals surface area contributed by atoms with E-state index in [0.29, 0.717) is 12.2 Å². The molecule has 0 atom stereocenters. The van der Waals surface area contributed by atoms with Gasteiger partial charge in [0.25, 0.3) is 0 Å². The number of amides is 1. The number of anilines is 1. The molecule has 0 fully saturated rings. The zero-order chi connectivity index (χ0) is 16.6. The molecule has 0 radical (unpaired) electrons. The maximum atomic E-state index is 11.6. The number of hydrogen-bond donors (Lipinski definition) is 3. The Kier molecular flexibility index (Phi) is 6.58. The summed E-state index contributed by atoms with van der Waals surface area (Å²) in [4.78, 5) is 27.0. The molecular formula is C14H21N3O5. The minimum absolute atomic E-state index is 0.0370. The number of carbonyl (C=O) groups is 2. The molecule has 0 aromatic carbocycles. The fourth-order valence-electron chi connectivity index (χ4n) is 1.32. The number of nitrogens with zero attached hydrogens (tertiary/aromatic N) is 1. The summed E-state index contributed by atoms with van der Waals surface area (Å²) in [6.45, 7) is 5.37. The molecule has 3 N–H and O–H groups in total. The molecular weight excluding hydrogens is 290 g/mol. The third-order valence-electron chi connectivity index (χ3n) is 2.23. The summed E-state index contributed by atoms with van der Waals surface area (Å²) >= 11 is 0. The summed E-state index contributed by atoms with van der Waals surface area (Å²) in [5, 5.41) is 8.60. The molecule has 0 aliphatic carbocycles. The van der Waals surface area contributed by atoms with E-state index >= 15 is 0 Å². The summed E-state index contributed by atoms with van der Waals surface area (Å²) in [6.07, 6.45) is 1.07. The van der Waals surface area contributed by atoms with Crippen LogP contribution in [0.5, 0.6) is 0 Å². The normalized spacial score (nSPS) is 10.7. The van der Waals surface area contributed by atoms with E-state index < -0.39 is 17.7 Å². The lowest BCUT2D eigenvalue weighted by Crippen LogP contribution is -2.36. The van der Waals surface area contributed by atoms with Crippen LogP contribution in [0.1, 0.15) is 37.6 Å². The van der Waals surface area contributed by atoms with Crippen LogP contribution in [-0.4, -0.2) is 41.0 Å². The number of esters is 1. The fraction of sp³-hybridized carbons (Fsp3) is 0.500. The Hall–Kier alpha value is -2.35. The van der Waals surface area contributed by atoms with Crippen LogP contribution in [0.15, 0.2) is 18.3 Å². The molecule has 8 heteroatoms. The number of nitrogens with one attached hydrogen (secondary N) is 2. The first kappa shape index (κ1) is 17.7. The van der Waals surface area contributed by atoms with Gasteiger partial charge < -0.3 is 14.6 Å². The second kappa shape index (κ2) is 8.18. The molecule has 22 heavy (non-hydrogen) atoms. The van der Waals surface area contributed by atoms with Gasteiger partial charge in [0.15, 0.2) is 0 Å². The van der Waals surface area contributed by atoms with Crippen LogP contribution in [-0.2, 0) is 9.47 Å². The summed E-state index contributed by atoms with van der Waals surface area (Å²) in [6, 6.07) is 3.02. The molecule has 0 unspecified atom stereocenters. The molecule has 122 valence electrons. The van der Waals surface area contributed by atoms with Gasteiger partial charge in [-0.05, 0) is 32.9 Å². The first-order valence-corrected chi connectivity index (χ1v) is 6.81. The summed E-state index contributed by atoms with van der Waals surface area (Å²) < 4.78 is 9.95. The third kappa shape index (κ3) is 6.89. The highest BCUT2D eigenvalue weighted by Gasteiger charge is 2.15. The number of aliphatic hydroxyl groups is 1. The van der Waals surface area contributed by atoms with E-state index in [4.69, 9.17) is 14.6 Å². The summed E-state index contributed by atoms with van der Waals surface area (Å²) in [7, 11) is 0. The monoisotopic (exact) mass is 311 g/mol. The van der Waals surface area contributed by atoms with Gasteiger partial charge in [0.2, 0.25) is 0 Å². The van der Waals surface area contributed by atoms with Gasteiger partial charge in [0.05, 0.1) is 12.2 Å². The number of rotatable bonds is 6. The summed E-state index contributed by atoms with van der Waals surface area (Å²) in [5.74, 6) is -0.176. The highest BCUT2D eigenvalue weighted by atomic mass is 16.6. The van der Waals surface area contributed by atoms with Crippen molar-refractivity contribution in [2.45, 2.75) is 32.8 Å². The fourth-order valence-corrected chi connectivity index (χ4v) is 1.32. The van der Waals surface area contributed by atoms with Crippen LogP contribution < -0.4 is 10.9 Å². The van der Waals surface area contributed by atoms with E-state index in [1.807, 2.05) is 0 Å². The second-order valence-electron chi connectivity index (χ2n) is 5.40. The van der Waals surface area contributed by atoms with E-state index in [0.717, 1.165) is 0 Å². The largest absolute Gasteiger partial charge is 0.462 e. The van der Waals surface area contributed by atoms with Gasteiger partial charge in [0, 0.05) is 19.2 Å². The molecule has 8 nitrogen and oxygen atoms in total. The van der Waals surface area contributed by atoms with Gasteiger partial charge in [-0.3, -0.25) is 5.43 Å². The Morgan fingerprint density at radius 2 is 2.05 bits per heavy atom. The molecule has 1 rings (SSSR count). The van der Waals surface area contributed by atoms with Crippen molar-refractivity contribution in [1.82, 2.24) is 10.4 Å². The van der Waals surface area contributed by atoms with Crippen LogP contribution in [0.2, 0.25) is 0 Å². The van der Waals surface area contributed by atoms with Gasteiger partial charge in [-0.25, -0.2) is 20.0 Å². The number of carbonyl (C=O) groups excluding carboxylic acids is 2. The van der Waals surface area contributed by atoms with E-state index in [1.54, 1.807) is 20.8 Å². The Morgan fingerprint density at radius 3 is 2.59 bits per heavy atom. The molecule has 1 aromatic rings. The average molecular weight is 311 g/mol. The lowest BCUT2D eigenvalue weighted by molar-refractivity contribution is 0.0479. The van der Waals surface area contributed by atoms with Crippen LogP contribution in [0, 0.1) is 0 Å².